The number of ether oxygens (including phenoxy) is 1. The van der Waals surface area contributed by atoms with Crippen molar-refractivity contribution in [2.24, 2.45) is 5.73 Å². The lowest BCUT2D eigenvalue weighted by Crippen LogP contribution is -2.44. The average molecular weight is 617 g/mol. The molecule has 5 rings (SSSR count). The van der Waals surface area contributed by atoms with Crippen molar-refractivity contribution < 1.29 is 27.1 Å². The van der Waals surface area contributed by atoms with Gasteiger partial charge in [-0.2, -0.15) is 0 Å². The lowest BCUT2D eigenvalue weighted by molar-refractivity contribution is 0.0985. The average Bonchev–Trinajstić information content (AvgIpc) is 3.79. The van der Waals surface area contributed by atoms with Gasteiger partial charge in [0.1, 0.15) is 17.2 Å². The lowest BCUT2D eigenvalue weighted by atomic mass is 10.1. The molecule has 11 nitrogen and oxygen atoms in total. The second kappa shape index (κ2) is 11.8. The summed E-state index contributed by atoms with van der Waals surface area (Å²) < 4.78 is 44.8. The number of aromatic nitrogens is 2. The summed E-state index contributed by atoms with van der Waals surface area (Å²) in [6, 6.07) is 11.8. The number of rotatable bonds is 9. The highest BCUT2D eigenvalue weighted by atomic mass is 35.5. The van der Waals surface area contributed by atoms with Gasteiger partial charge in [-0.1, -0.05) is 11.6 Å². The molecule has 1 saturated heterocycles. The Morgan fingerprint density at radius 3 is 2.52 bits per heavy atom. The highest BCUT2D eigenvalue weighted by Crippen LogP contribution is 2.56. The molecule has 1 saturated carbocycles. The van der Waals surface area contributed by atoms with Gasteiger partial charge < -0.3 is 26.0 Å². The van der Waals surface area contributed by atoms with Gasteiger partial charge in [-0.15, -0.1) is 0 Å². The number of amides is 3. The van der Waals surface area contributed by atoms with Crippen LogP contribution in [0.5, 0.6) is 0 Å². The van der Waals surface area contributed by atoms with Crippen molar-refractivity contribution in [3.8, 4) is 11.4 Å². The molecule has 0 spiro atoms. The second-order valence-corrected chi connectivity index (χ2v) is 12.8. The van der Waals surface area contributed by atoms with Crippen LogP contribution >= 0.6 is 11.6 Å². The van der Waals surface area contributed by atoms with Gasteiger partial charge in [0.05, 0.1) is 34.9 Å². The first-order chi connectivity index (χ1) is 20.1. The number of nitrogens with zero attached hydrogens (tertiary/aromatic N) is 3. The maximum atomic E-state index is 14.1. The molecule has 0 radical (unpaired) electrons. The molecule has 2 fully saturated rings. The van der Waals surface area contributed by atoms with Gasteiger partial charge in [0, 0.05) is 36.0 Å². The summed E-state index contributed by atoms with van der Waals surface area (Å²) in [5.41, 5.74) is 6.86. The molecule has 4 N–H and O–H groups in total. The van der Waals surface area contributed by atoms with Crippen LogP contribution in [0.4, 0.5) is 20.7 Å². The van der Waals surface area contributed by atoms with Crippen LogP contribution in [0.3, 0.4) is 0 Å². The SMILES string of the molecule is C[C@H]1COCCN1c1cc(C2(S(=O)(=O)c3ccc(C(N)=O)cc3Cl)CC2)nc(-c2ccc(NC(=O)NCCF)cc2)n1. The minimum atomic E-state index is -4.04. The summed E-state index contributed by atoms with van der Waals surface area (Å²) >= 11 is 6.36. The molecule has 14 heteroatoms. The predicted octanol–water partition coefficient (Wildman–Crippen LogP) is 3.68. The van der Waals surface area contributed by atoms with Gasteiger partial charge in [-0.05, 0) is 62.2 Å². The zero-order chi connectivity index (χ0) is 30.1. The molecule has 1 aromatic heterocycles. The molecule has 2 aromatic carbocycles. The lowest BCUT2D eigenvalue weighted by Gasteiger charge is -2.34. The van der Waals surface area contributed by atoms with E-state index in [1.54, 1.807) is 30.3 Å². The summed E-state index contributed by atoms with van der Waals surface area (Å²) in [7, 11) is -4.04. The number of alkyl halides is 1. The maximum Gasteiger partial charge on any atom is 0.319 e. The number of anilines is 2. The number of halogens is 2. The number of carbonyl (C=O) groups is 2. The zero-order valence-corrected chi connectivity index (χ0v) is 24.3. The number of morpholine rings is 1. The Morgan fingerprint density at radius 2 is 1.90 bits per heavy atom. The molecule has 0 unspecified atom stereocenters. The van der Waals surface area contributed by atoms with E-state index in [0.717, 1.165) is 0 Å². The van der Waals surface area contributed by atoms with Crippen LogP contribution in [0, 0.1) is 0 Å². The third-order valence-corrected chi connectivity index (χ3v) is 10.4. The van der Waals surface area contributed by atoms with E-state index in [2.05, 4.69) is 15.5 Å². The first-order valence-electron chi connectivity index (χ1n) is 13.3. The van der Waals surface area contributed by atoms with Crippen molar-refractivity contribution in [3.05, 3.63) is 64.8 Å². The molecule has 2 heterocycles. The number of hydrogen-bond donors (Lipinski definition) is 3. The van der Waals surface area contributed by atoms with Crippen LogP contribution in [0.1, 0.15) is 35.8 Å². The number of sulfone groups is 1. The number of nitrogens with one attached hydrogen (secondary N) is 2. The number of benzene rings is 2. The smallest absolute Gasteiger partial charge is 0.319 e. The van der Waals surface area contributed by atoms with E-state index in [9.17, 15) is 22.4 Å². The highest BCUT2D eigenvalue weighted by molar-refractivity contribution is 7.92. The molecule has 3 amide bonds. The number of primary amides is 1. The van der Waals surface area contributed by atoms with E-state index in [0.29, 0.717) is 61.2 Å². The Labute approximate surface area is 247 Å². The van der Waals surface area contributed by atoms with Gasteiger partial charge in [0.25, 0.3) is 0 Å². The van der Waals surface area contributed by atoms with E-state index in [1.807, 2.05) is 6.92 Å². The molecule has 3 aromatic rings. The molecule has 0 bridgehead atoms. The third kappa shape index (κ3) is 5.76. The van der Waals surface area contributed by atoms with E-state index in [1.165, 1.54) is 18.2 Å². The monoisotopic (exact) mass is 616 g/mol. The largest absolute Gasteiger partial charge is 0.377 e. The van der Waals surface area contributed by atoms with Crippen molar-refractivity contribution >= 4 is 44.9 Å². The van der Waals surface area contributed by atoms with Crippen molar-refractivity contribution in [1.82, 2.24) is 15.3 Å². The van der Waals surface area contributed by atoms with Crippen LogP contribution in [-0.2, 0) is 19.3 Å². The predicted molar refractivity (Wildman–Crippen MR) is 156 cm³/mol. The molecule has 42 heavy (non-hydrogen) atoms. The second-order valence-electron chi connectivity index (χ2n) is 10.2. The van der Waals surface area contributed by atoms with Gasteiger partial charge in [-0.3, -0.25) is 4.79 Å². The number of hydrogen-bond acceptors (Lipinski definition) is 8. The molecular weight excluding hydrogens is 587 g/mol. The fourth-order valence-electron chi connectivity index (χ4n) is 4.91. The Kier molecular flexibility index (Phi) is 8.35. The van der Waals surface area contributed by atoms with Crippen LogP contribution in [0.15, 0.2) is 53.4 Å². The van der Waals surface area contributed by atoms with Crippen LogP contribution in [0.25, 0.3) is 11.4 Å². The maximum absolute atomic E-state index is 14.1. The minimum Gasteiger partial charge on any atom is -0.377 e. The summed E-state index contributed by atoms with van der Waals surface area (Å²) in [4.78, 5) is 35.0. The molecule has 1 aliphatic carbocycles. The van der Waals surface area contributed by atoms with E-state index >= 15 is 0 Å². The summed E-state index contributed by atoms with van der Waals surface area (Å²) in [6.45, 7) is 2.78. The Morgan fingerprint density at radius 1 is 1.17 bits per heavy atom. The summed E-state index contributed by atoms with van der Waals surface area (Å²) in [6.07, 6.45) is 0.656. The number of urea groups is 1. The fourth-order valence-corrected chi connectivity index (χ4v) is 7.40. The summed E-state index contributed by atoms with van der Waals surface area (Å²) in [5, 5.41) is 4.93. The van der Waals surface area contributed by atoms with E-state index in [4.69, 9.17) is 32.0 Å². The molecular formula is C28H30ClFN6O5S. The minimum absolute atomic E-state index is 0.00805. The van der Waals surface area contributed by atoms with Crippen molar-refractivity contribution in [2.45, 2.75) is 35.4 Å². The Bertz CT molecular complexity index is 1620. The zero-order valence-electron chi connectivity index (χ0n) is 22.8. The topological polar surface area (TPSA) is 157 Å². The molecule has 2 aliphatic rings. The van der Waals surface area contributed by atoms with E-state index < -0.39 is 33.2 Å². The molecule has 1 aliphatic heterocycles. The quantitative estimate of drug-likeness (QED) is 0.329. The molecule has 222 valence electrons. The normalized spacial score (nSPS) is 17.9. The van der Waals surface area contributed by atoms with Crippen LogP contribution in [-0.4, -0.2) is 69.3 Å². The third-order valence-electron chi connectivity index (χ3n) is 7.35. The molecule has 1 atom stereocenters. The first kappa shape index (κ1) is 29.7. The van der Waals surface area contributed by atoms with Gasteiger partial charge in [-0.25, -0.2) is 27.6 Å². The van der Waals surface area contributed by atoms with Crippen molar-refractivity contribution in [1.29, 1.82) is 0 Å². The van der Waals surface area contributed by atoms with Gasteiger partial charge >= 0.3 is 6.03 Å². The number of carbonyl (C=O) groups excluding carboxylic acids is 2. The van der Waals surface area contributed by atoms with Crippen LogP contribution in [0.2, 0.25) is 5.02 Å². The Balaban J connectivity index is 1.55. The first-order valence-corrected chi connectivity index (χ1v) is 15.2. The summed E-state index contributed by atoms with van der Waals surface area (Å²) in [5.74, 6) is 0.162. The number of nitrogens with two attached hydrogens (primary N) is 1. The van der Waals surface area contributed by atoms with Gasteiger partial charge in [0.15, 0.2) is 15.7 Å². The van der Waals surface area contributed by atoms with Crippen LogP contribution < -0.4 is 21.3 Å². The fraction of sp³-hybridized carbons (Fsp3) is 0.357. The van der Waals surface area contributed by atoms with Gasteiger partial charge in [0.2, 0.25) is 5.91 Å². The highest BCUT2D eigenvalue weighted by Gasteiger charge is 2.58. The van der Waals surface area contributed by atoms with Crippen molar-refractivity contribution in [2.75, 3.05) is 43.2 Å². The van der Waals surface area contributed by atoms with Crippen molar-refractivity contribution in [3.63, 3.8) is 0 Å². The standard InChI is InChI=1S/C28H30ClFN6O5S/c1-17-16-41-13-12-36(17)24-15-23(28(8-9-28)42(39,40)22-7-4-19(25(31)37)14-21(22)29)34-26(35-24)18-2-5-20(6-3-18)33-27(38)32-11-10-30/h2-7,14-15,17H,8-13,16H2,1H3,(H2,31,37)(H2,32,33,38)/t17-/m0/s1. The Hall–Kier alpha value is -3.81. The van der Waals surface area contributed by atoms with E-state index in [-0.39, 0.29) is 28.1 Å².